The van der Waals surface area contributed by atoms with Crippen LogP contribution in [0.5, 0.6) is 0 Å². The van der Waals surface area contributed by atoms with E-state index in [2.05, 4.69) is 4.98 Å². The molecule has 1 aliphatic heterocycles. The summed E-state index contributed by atoms with van der Waals surface area (Å²) in [6.45, 7) is 3.58. The van der Waals surface area contributed by atoms with Gasteiger partial charge in [0.15, 0.2) is 0 Å². The fraction of sp³-hybridized carbons (Fsp3) is 0.500. The third kappa shape index (κ3) is 1.49. The topological polar surface area (TPSA) is 53.5 Å². The Hall–Kier alpha value is -1.43. The maximum Gasteiger partial charge on any atom is 0.327 e. The summed E-state index contributed by atoms with van der Waals surface area (Å²) in [5.41, 5.74) is 1.70. The minimum Gasteiger partial charge on any atom is -0.316 e. The lowest BCUT2D eigenvalue weighted by Crippen LogP contribution is -2.33. The zero-order valence-corrected chi connectivity index (χ0v) is 10.2. The summed E-state index contributed by atoms with van der Waals surface area (Å²) >= 11 is 1.45. The molecule has 0 aromatic carbocycles. The monoisotopic (exact) mass is 239 g/mol. The van der Waals surface area contributed by atoms with E-state index in [-0.39, 0.29) is 24.0 Å². The summed E-state index contributed by atoms with van der Waals surface area (Å²) in [6.07, 6.45) is 1.69. The Bertz CT molecular complexity index is 398. The van der Waals surface area contributed by atoms with Crippen molar-refractivity contribution in [2.45, 2.75) is 25.9 Å². The maximum atomic E-state index is 11.9. The van der Waals surface area contributed by atoms with E-state index in [1.54, 1.807) is 25.7 Å². The third-order valence-electron chi connectivity index (χ3n) is 2.93. The van der Waals surface area contributed by atoms with Crippen molar-refractivity contribution in [1.82, 2.24) is 14.8 Å². The lowest BCUT2D eigenvalue weighted by atomic mass is 10.2. The number of thiazole rings is 1. The molecule has 1 unspecified atom stereocenters. The number of hydrogen-bond acceptors (Lipinski definition) is 4. The smallest absolute Gasteiger partial charge is 0.316 e. The molecule has 16 heavy (non-hydrogen) atoms. The number of aromatic nitrogens is 1. The quantitative estimate of drug-likeness (QED) is 0.735. The molecule has 1 fully saturated rings. The first-order chi connectivity index (χ1) is 7.54. The van der Waals surface area contributed by atoms with Gasteiger partial charge >= 0.3 is 6.03 Å². The van der Waals surface area contributed by atoms with Crippen molar-refractivity contribution in [2.24, 2.45) is 0 Å². The molecule has 6 heteroatoms. The molecular weight excluding hydrogens is 226 g/mol. The fourth-order valence-electron chi connectivity index (χ4n) is 1.71. The van der Waals surface area contributed by atoms with Gasteiger partial charge in [0.05, 0.1) is 11.6 Å². The molecule has 0 bridgehead atoms. The van der Waals surface area contributed by atoms with Gasteiger partial charge in [-0.05, 0) is 13.8 Å². The predicted octanol–water partition coefficient (Wildman–Crippen LogP) is 1.49. The Morgan fingerprint density at radius 2 is 2.19 bits per heavy atom. The lowest BCUT2D eigenvalue weighted by Gasteiger charge is -2.20. The Morgan fingerprint density at radius 3 is 2.62 bits per heavy atom. The largest absolute Gasteiger partial charge is 0.327 e. The van der Waals surface area contributed by atoms with Crippen LogP contribution in [-0.4, -0.2) is 39.8 Å². The zero-order valence-electron chi connectivity index (χ0n) is 9.38. The molecule has 2 rings (SSSR count). The van der Waals surface area contributed by atoms with Crippen LogP contribution in [0, 0.1) is 0 Å². The average Bonchev–Trinajstić information content (AvgIpc) is 2.84. The van der Waals surface area contributed by atoms with Crippen LogP contribution < -0.4 is 0 Å². The van der Waals surface area contributed by atoms with Gasteiger partial charge in [-0.2, -0.15) is 0 Å². The van der Waals surface area contributed by atoms with Gasteiger partial charge in [-0.3, -0.25) is 14.7 Å². The van der Waals surface area contributed by atoms with E-state index in [1.165, 1.54) is 21.1 Å². The molecule has 1 saturated heterocycles. The number of carbonyl (C=O) groups is 2. The van der Waals surface area contributed by atoms with Crippen LogP contribution in [0.2, 0.25) is 0 Å². The van der Waals surface area contributed by atoms with Gasteiger partial charge in [-0.25, -0.2) is 4.79 Å². The highest BCUT2D eigenvalue weighted by molar-refractivity contribution is 7.09. The molecule has 2 atom stereocenters. The minimum atomic E-state index is -0.372. The Labute approximate surface area is 97.7 Å². The summed E-state index contributed by atoms with van der Waals surface area (Å²) in [4.78, 5) is 31.4. The van der Waals surface area contributed by atoms with Crippen molar-refractivity contribution >= 4 is 23.3 Å². The van der Waals surface area contributed by atoms with Crippen LogP contribution in [0.25, 0.3) is 0 Å². The lowest BCUT2D eigenvalue weighted by molar-refractivity contribution is -0.129. The number of likely N-dealkylation sites (N-methyl/N-ethyl adjacent to an activating group) is 1. The number of nitrogens with zero attached hydrogens (tertiary/aromatic N) is 3. The summed E-state index contributed by atoms with van der Waals surface area (Å²) in [7, 11) is 1.64. The molecule has 1 aromatic rings. The van der Waals surface area contributed by atoms with Gasteiger partial charge in [-0.1, -0.05) is 0 Å². The number of rotatable bonds is 2. The number of carbonyl (C=O) groups excluding carboxylic acids is 2. The van der Waals surface area contributed by atoms with Gasteiger partial charge < -0.3 is 4.90 Å². The van der Waals surface area contributed by atoms with E-state index in [0.717, 1.165) is 4.88 Å². The maximum absolute atomic E-state index is 11.9. The Balaban J connectivity index is 2.28. The fourth-order valence-corrected chi connectivity index (χ4v) is 2.38. The molecule has 86 valence electrons. The van der Waals surface area contributed by atoms with Crippen LogP contribution in [0.3, 0.4) is 0 Å². The van der Waals surface area contributed by atoms with Gasteiger partial charge in [0.25, 0.3) is 5.91 Å². The zero-order chi connectivity index (χ0) is 11.9. The number of imide groups is 1. The summed E-state index contributed by atoms with van der Waals surface area (Å²) in [5.74, 6) is -0.145. The molecule has 3 amide bonds. The molecule has 1 aliphatic rings. The highest BCUT2D eigenvalue weighted by Gasteiger charge is 2.43. The third-order valence-corrected chi connectivity index (χ3v) is 3.88. The number of urea groups is 1. The standard InChI is InChI=1S/C10H13N3O2S/c1-6(8-4-11-5-16-8)13-9(14)7(2)12(3)10(13)15/h4-7H,1-3H3/t6?,7-/m1/s1. The van der Waals surface area contributed by atoms with Crippen LogP contribution >= 0.6 is 11.3 Å². The van der Waals surface area contributed by atoms with E-state index < -0.39 is 0 Å². The average molecular weight is 239 g/mol. The molecule has 0 aliphatic carbocycles. The van der Waals surface area contributed by atoms with Crippen LogP contribution in [0.15, 0.2) is 11.7 Å². The molecular formula is C10H13N3O2S. The SMILES string of the molecule is CC(c1cncs1)N1C(=O)[C@@H](C)N(C)C1=O. The molecule has 0 radical (unpaired) electrons. The number of amides is 3. The normalized spacial score (nSPS) is 23.1. The van der Waals surface area contributed by atoms with Crippen LogP contribution in [0.1, 0.15) is 24.8 Å². The van der Waals surface area contributed by atoms with Gasteiger partial charge in [0.1, 0.15) is 6.04 Å². The van der Waals surface area contributed by atoms with E-state index in [4.69, 9.17) is 0 Å². The van der Waals surface area contributed by atoms with Crippen molar-refractivity contribution in [2.75, 3.05) is 7.05 Å². The minimum absolute atomic E-state index is 0.145. The second kappa shape index (κ2) is 3.86. The van der Waals surface area contributed by atoms with Crippen molar-refractivity contribution in [1.29, 1.82) is 0 Å². The van der Waals surface area contributed by atoms with Crippen molar-refractivity contribution in [3.05, 3.63) is 16.6 Å². The predicted molar refractivity (Wildman–Crippen MR) is 60.0 cm³/mol. The van der Waals surface area contributed by atoms with Gasteiger partial charge in [0.2, 0.25) is 0 Å². The second-order valence-electron chi connectivity index (χ2n) is 3.86. The molecule has 0 spiro atoms. The molecule has 5 nitrogen and oxygen atoms in total. The first-order valence-corrected chi connectivity index (χ1v) is 5.90. The summed E-state index contributed by atoms with van der Waals surface area (Å²) in [6, 6.07) is -0.846. The molecule has 2 heterocycles. The van der Waals surface area contributed by atoms with Crippen molar-refractivity contribution in [3.8, 4) is 0 Å². The van der Waals surface area contributed by atoms with E-state index in [0.29, 0.717) is 0 Å². The second-order valence-corrected chi connectivity index (χ2v) is 4.78. The van der Waals surface area contributed by atoms with Gasteiger partial charge in [-0.15, -0.1) is 11.3 Å². The highest BCUT2D eigenvalue weighted by atomic mass is 32.1. The molecule has 0 N–H and O–H groups in total. The number of hydrogen-bond donors (Lipinski definition) is 0. The Kier molecular flexibility index (Phi) is 2.67. The van der Waals surface area contributed by atoms with E-state index >= 15 is 0 Å². The first-order valence-electron chi connectivity index (χ1n) is 5.02. The van der Waals surface area contributed by atoms with E-state index in [9.17, 15) is 9.59 Å². The van der Waals surface area contributed by atoms with Crippen molar-refractivity contribution in [3.63, 3.8) is 0 Å². The highest BCUT2D eigenvalue weighted by Crippen LogP contribution is 2.29. The van der Waals surface area contributed by atoms with Crippen LogP contribution in [-0.2, 0) is 4.79 Å². The molecule has 1 aromatic heterocycles. The van der Waals surface area contributed by atoms with Crippen molar-refractivity contribution < 1.29 is 9.59 Å². The molecule has 0 saturated carbocycles. The van der Waals surface area contributed by atoms with Crippen LogP contribution in [0.4, 0.5) is 4.79 Å². The first kappa shape index (κ1) is 11.1. The summed E-state index contributed by atoms with van der Waals surface area (Å²) < 4.78 is 0. The van der Waals surface area contributed by atoms with E-state index in [1.807, 2.05) is 6.92 Å². The van der Waals surface area contributed by atoms with Gasteiger partial charge in [0, 0.05) is 18.1 Å². The Morgan fingerprint density at radius 1 is 1.50 bits per heavy atom. The summed E-state index contributed by atoms with van der Waals surface area (Å²) in [5, 5.41) is 0.